The van der Waals surface area contributed by atoms with Gasteiger partial charge in [-0.1, -0.05) is 24.3 Å². The number of fused-ring (bicyclic) bond motifs is 2. The minimum Gasteiger partial charge on any atom is -0.505 e. The van der Waals surface area contributed by atoms with E-state index in [4.69, 9.17) is 13.8 Å². The van der Waals surface area contributed by atoms with E-state index in [0.29, 0.717) is 5.56 Å². The first-order chi connectivity index (χ1) is 17.3. The van der Waals surface area contributed by atoms with Crippen LogP contribution in [-0.2, 0) is 20.2 Å². The molecule has 4 rings (SSSR count). The first kappa shape index (κ1) is 25.2. The quantitative estimate of drug-likeness (QED) is 0.221. The number of ether oxygens (including phenoxy) is 1. The number of aromatic hydroxyl groups is 1. The Labute approximate surface area is 206 Å². The van der Waals surface area contributed by atoms with Crippen LogP contribution in [0.15, 0.2) is 67.9 Å². The van der Waals surface area contributed by atoms with Crippen molar-refractivity contribution in [2.24, 2.45) is 0 Å². The Morgan fingerprint density at radius 3 is 2.31 bits per heavy atom. The number of hydrogen-bond acceptors (Lipinski definition) is 8. The molecule has 1 aromatic heterocycles. The zero-order valence-corrected chi connectivity index (χ0v) is 19.9. The van der Waals surface area contributed by atoms with Crippen LogP contribution in [0.2, 0.25) is 0 Å². The van der Waals surface area contributed by atoms with Crippen LogP contribution in [0.1, 0.15) is 26.3 Å². The van der Waals surface area contributed by atoms with E-state index in [1.807, 2.05) is 0 Å². The summed E-state index contributed by atoms with van der Waals surface area (Å²) in [5, 5.41) is 11.1. The van der Waals surface area contributed by atoms with Crippen LogP contribution in [-0.4, -0.2) is 46.4 Å². The van der Waals surface area contributed by atoms with Crippen molar-refractivity contribution in [1.82, 2.24) is 9.88 Å². The molecule has 0 radical (unpaired) electrons. The van der Waals surface area contributed by atoms with E-state index in [0.717, 1.165) is 4.90 Å². The smallest absolute Gasteiger partial charge is 0.368 e. The molecule has 1 N–H and O–H groups in total. The second-order valence-corrected chi connectivity index (χ2v) is 9.70. The van der Waals surface area contributed by atoms with Gasteiger partial charge in [0, 0.05) is 11.6 Å². The number of phenols is 1. The predicted octanol–water partition coefficient (Wildman–Crippen LogP) is 4.81. The van der Waals surface area contributed by atoms with Gasteiger partial charge in [-0.2, -0.15) is 0 Å². The molecule has 0 bridgehead atoms. The Bertz CT molecular complexity index is 1390. The number of nitrogens with zero attached hydrogens (tertiary/aromatic N) is 2. The van der Waals surface area contributed by atoms with E-state index < -0.39 is 37.3 Å². The van der Waals surface area contributed by atoms with Crippen LogP contribution in [0.4, 0.5) is 4.39 Å². The number of carbonyl (C=O) groups excluding carboxylic acids is 2. The number of imide groups is 1. The number of carbonyl (C=O) groups is 2. The molecule has 0 aliphatic carbocycles. The van der Waals surface area contributed by atoms with Crippen molar-refractivity contribution in [2.45, 2.75) is 6.54 Å². The topological polar surface area (TPSA) is 115 Å². The van der Waals surface area contributed by atoms with E-state index in [9.17, 15) is 23.7 Å². The average Bonchev–Trinajstić information content (AvgIpc) is 3.13. The Morgan fingerprint density at radius 2 is 1.67 bits per heavy atom. The van der Waals surface area contributed by atoms with Crippen molar-refractivity contribution >= 4 is 30.3 Å². The number of pyridine rings is 1. The van der Waals surface area contributed by atoms with Crippen LogP contribution in [0.25, 0.3) is 10.9 Å². The molecule has 36 heavy (non-hydrogen) atoms. The average molecular weight is 512 g/mol. The summed E-state index contributed by atoms with van der Waals surface area (Å²) in [6, 6.07) is 8.40. The summed E-state index contributed by atoms with van der Waals surface area (Å²) in [6.45, 7) is 6.70. The second kappa shape index (κ2) is 10.4. The first-order valence-electron chi connectivity index (χ1n) is 10.8. The summed E-state index contributed by atoms with van der Waals surface area (Å²) >= 11 is 0. The largest absolute Gasteiger partial charge is 0.505 e. The lowest BCUT2D eigenvalue weighted by Gasteiger charge is -2.19. The van der Waals surface area contributed by atoms with Crippen molar-refractivity contribution in [2.75, 3.05) is 19.6 Å². The highest BCUT2D eigenvalue weighted by Crippen LogP contribution is 2.50. The molecular formula is C25H22FN2O7P. The van der Waals surface area contributed by atoms with Crippen LogP contribution >= 0.6 is 7.60 Å². The molecule has 2 aromatic carbocycles. The van der Waals surface area contributed by atoms with Crippen molar-refractivity contribution < 1.29 is 37.4 Å². The fourth-order valence-corrected chi connectivity index (χ4v) is 4.87. The summed E-state index contributed by atoms with van der Waals surface area (Å²) < 4.78 is 42.9. The van der Waals surface area contributed by atoms with Gasteiger partial charge in [-0.05, 0) is 29.8 Å². The normalized spacial score (nSPS) is 13.2. The molecule has 2 heterocycles. The lowest BCUT2D eigenvalue weighted by atomic mass is 10.0. The number of hydrogen-bond donors (Lipinski definition) is 1. The van der Waals surface area contributed by atoms with Crippen molar-refractivity contribution in [3.8, 4) is 11.5 Å². The molecule has 0 fully saturated rings. The molecule has 0 atom stereocenters. The highest BCUT2D eigenvalue weighted by atomic mass is 31.2. The number of rotatable bonds is 11. The Morgan fingerprint density at radius 1 is 1.03 bits per heavy atom. The van der Waals surface area contributed by atoms with Gasteiger partial charge in [0.25, 0.3) is 11.8 Å². The van der Waals surface area contributed by atoms with Crippen molar-refractivity contribution in [1.29, 1.82) is 0 Å². The Balaban J connectivity index is 1.77. The monoisotopic (exact) mass is 512 g/mol. The SMILES string of the molecule is C=CCOP(=O)(COc1c2c(c(O)c3ncccc13)C(=O)N(Cc1ccc(F)cc1)C2=O)OCC=C. The molecule has 9 nitrogen and oxygen atoms in total. The van der Waals surface area contributed by atoms with Crippen LogP contribution < -0.4 is 4.74 Å². The minimum atomic E-state index is -3.84. The summed E-state index contributed by atoms with van der Waals surface area (Å²) in [5.74, 6) is -2.57. The predicted molar refractivity (Wildman–Crippen MR) is 129 cm³/mol. The van der Waals surface area contributed by atoms with E-state index in [2.05, 4.69) is 18.1 Å². The maximum atomic E-state index is 13.4. The van der Waals surface area contributed by atoms with E-state index in [-0.39, 0.29) is 47.5 Å². The molecular weight excluding hydrogens is 490 g/mol. The summed E-state index contributed by atoms with van der Waals surface area (Å²) in [7, 11) is -3.84. The van der Waals surface area contributed by atoms with Crippen molar-refractivity contribution in [3.63, 3.8) is 0 Å². The van der Waals surface area contributed by atoms with Crippen LogP contribution in [0.5, 0.6) is 11.5 Å². The summed E-state index contributed by atoms with van der Waals surface area (Å²) in [6.07, 6.45) is 3.57. The molecule has 2 amide bonds. The maximum Gasteiger partial charge on any atom is 0.368 e. The maximum absolute atomic E-state index is 13.4. The van der Waals surface area contributed by atoms with Gasteiger partial charge in [0.1, 0.15) is 22.6 Å². The van der Waals surface area contributed by atoms with Gasteiger partial charge in [-0.25, -0.2) is 4.39 Å². The van der Waals surface area contributed by atoms with Gasteiger partial charge in [-0.3, -0.25) is 24.0 Å². The van der Waals surface area contributed by atoms with E-state index in [1.165, 1.54) is 48.7 Å². The number of aromatic nitrogens is 1. The number of amides is 2. The fraction of sp³-hybridized carbons (Fsp3) is 0.160. The number of phenolic OH excluding ortho intramolecular Hbond substituents is 1. The lowest BCUT2D eigenvalue weighted by Crippen LogP contribution is -2.29. The molecule has 11 heteroatoms. The van der Waals surface area contributed by atoms with Gasteiger partial charge in [0.2, 0.25) is 0 Å². The number of benzene rings is 2. The summed E-state index contributed by atoms with van der Waals surface area (Å²) in [5.41, 5.74) is 0.0110. The van der Waals surface area contributed by atoms with Crippen LogP contribution in [0.3, 0.4) is 0 Å². The molecule has 0 saturated heterocycles. The molecule has 0 spiro atoms. The van der Waals surface area contributed by atoms with E-state index in [1.54, 1.807) is 6.07 Å². The highest BCUT2D eigenvalue weighted by molar-refractivity contribution is 7.53. The molecule has 1 aliphatic heterocycles. The van der Waals surface area contributed by atoms with Crippen molar-refractivity contribution in [3.05, 3.63) is 90.4 Å². The van der Waals surface area contributed by atoms with Gasteiger partial charge >= 0.3 is 7.60 Å². The molecule has 1 aliphatic rings. The highest BCUT2D eigenvalue weighted by Gasteiger charge is 2.43. The van der Waals surface area contributed by atoms with Crippen LogP contribution in [0, 0.1) is 5.82 Å². The first-order valence-corrected chi connectivity index (χ1v) is 12.5. The molecule has 3 aromatic rings. The van der Waals surface area contributed by atoms with E-state index >= 15 is 0 Å². The van der Waals surface area contributed by atoms with Gasteiger partial charge in [0.15, 0.2) is 12.1 Å². The number of halogens is 1. The third-order valence-electron chi connectivity index (χ3n) is 5.31. The molecule has 0 saturated carbocycles. The second-order valence-electron chi connectivity index (χ2n) is 7.70. The zero-order valence-electron chi connectivity index (χ0n) is 19.1. The minimum absolute atomic E-state index is 0.0184. The fourth-order valence-electron chi connectivity index (χ4n) is 3.69. The zero-order chi connectivity index (χ0) is 25.9. The van der Waals surface area contributed by atoms with Gasteiger partial charge in [-0.15, -0.1) is 13.2 Å². The third-order valence-corrected chi connectivity index (χ3v) is 6.84. The summed E-state index contributed by atoms with van der Waals surface area (Å²) in [4.78, 5) is 31.7. The molecule has 0 unspecified atom stereocenters. The standard InChI is InChI=1S/C25H22FN2O7P/c1-3-12-34-36(32,35-13-4-2)15-33-23-18-6-5-11-27-21(18)22(29)19-20(23)25(31)28(24(19)30)14-16-7-9-17(26)10-8-16/h3-11,29H,1-2,12-15H2. The van der Waals surface area contributed by atoms with Gasteiger partial charge in [0.05, 0.1) is 25.3 Å². The third kappa shape index (κ3) is 4.79. The van der Waals surface area contributed by atoms with Gasteiger partial charge < -0.3 is 18.9 Å². The Kier molecular flexibility index (Phi) is 7.30. The Hall–Kier alpha value is -3.85. The lowest BCUT2D eigenvalue weighted by molar-refractivity contribution is 0.0640. The molecule has 186 valence electrons.